The summed E-state index contributed by atoms with van der Waals surface area (Å²) < 4.78 is 0. The number of Topliss-reactive ketones (excluding diaryl/α,β-unsaturated/α-hetero) is 1. The van der Waals surface area contributed by atoms with Gasteiger partial charge >= 0.3 is 0 Å². The average molecular weight is 386 g/mol. The third kappa shape index (κ3) is 11.5. The van der Waals surface area contributed by atoms with Crippen molar-refractivity contribution in [3.63, 3.8) is 0 Å². The topological polar surface area (TPSA) is 84.2 Å². The number of carbonyl (C=O) groups is 2. The van der Waals surface area contributed by atoms with Crippen LogP contribution < -0.4 is 16.4 Å². The van der Waals surface area contributed by atoms with Gasteiger partial charge in [0, 0.05) is 31.0 Å². The van der Waals surface area contributed by atoms with Crippen molar-refractivity contribution in [3.05, 3.63) is 65.4 Å². The fraction of sp³-hybridized carbons (Fsp3) is 0.304. The van der Waals surface area contributed by atoms with Crippen LogP contribution in [-0.2, 0) is 4.79 Å². The van der Waals surface area contributed by atoms with Crippen molar-refractivity contribution in [1.29, 1.82) is 0 Å². The summed E-state index contributed by atoms with van der Waals surface area (Å²) in [6.45, 7) is 9.52. The number of nitrogens with one attached hydrogen (secondary N) is 2. The predicted octanol–water partition coefficient (Wildman–Crippen LogP) is 5.01. The second-order valence-corrected chi connectivity index (χ2v) is 5.02. The zero-order valence-electron chi connectivity index (χ0n) is 18.2. The number of rotatable bonds is 5. The first-order valence-electron chi connectivity index (χ1n) is 9.49. The van der Waals surface area contributed by atoms with Crippen molar-refractivity contribution in [3.8, 4) is 0 Å². The number of nitrogen functional groups attached to an aromatic ring is 1. The molecule has 0 aliphatic heterocycles. The Morgan fingerprint density at radius 2 is 1.39 bits per heavy atom. The highest BCUT2D eigenvalue weighted by Gasteiger charge is 1.98. The van der Waals surface area contributed by atoms with Crippen molar-refractivity contribution in [2.75, 3.05) is 25.1 Å². The second kappa shape index (κ2) is 17.3. The Morgan fingerprint density at radius 3 is 1.75 bits per heavy atom. The summed E-state index contributed by atoms with van der Waals surface area (Å²) in [5.74, 6) is 0.0368. The van der Waals surface area contributed by atoms with Gasteiger partial charge in [-0.2, -0.15) is 0 Å². The zero-order chi connectivity index (χ0) is 21.9. The molecule has 154 valence electrons. The molecule has 0 radical (unpaired) electrons. The van der Waals surface area contributed by atoms with Gasteiger partial charge in [-0.1, -0.05) is 52.0 Å². The third-order valence-electron chi connectivity index (χ3n) is 3.25. The third-order valence-corrected chi connectivity index (χ3v) is 3.25. The molecule has 0 heterocycles. The number of hydrogen-bond acceptors (Lipinski definition) is 5. The molecular weight excluding hydrogens is 350 g/mol. The molecule has 5 heteroatoms. The first-order chi connectivity index (χ1) is 13.5. The van der Waals surface area contributed by atoms with Gasteiger partial charge in [0.25, 0.3) is 0 Å². The molecule has 0 aromatic heterocycles. The highest BCUT2D eigenvalue weighted by atomic mass is 16.1. The summed E-state index contributed by atoms with van der Waals surface area (Å²) in [5.41, 5.74) is 9.40. The van der Waals surface area contributed by atoms with Gasteiger partial charge in [0.2, 0.25) is 0 Å². The van der Waals surface area contributed by atoms with Crippen LogP contribution in [0.4, 0.5) is 11.4 Å². The van der Waals surface area contributed by atoms with E-state index in [9.17, 15) is 9.59 Å². The smallest absolute Gasteiger partial charge is 0.165 e. The first kappa shape index (κ1) is 27.1. The normalized spacial score (nSPS) is 9.18. The van der Waals surface area contributed by atoms with Crippen LogP contribution >= 0.6 is 0 Å². The number of likely N-dealkylation sites (N-methyl/N-ethyl adjacent to an activating group) is 1. The molecule has 0 fully saturated rings. The lowest BCUT2D eigenvalue weighted by Crippen LogP contribution is -2.06. The van der Waals surface area contributed by atoms with Crippen LogP contribution in [0, 0.1) is 0 Å². The van der Waals surface area contributed by atoms with E-state index in [1.54, 1.807) is 37.4 Å². The standard InChI is InChI=1S/C12H13NO2.C7H10N2.2C2H6/c1-9(15)11-5-3-10(4-6-11)7-12(8-14)13-2;1-9-7-4-2-6(8)3-5-7;2*1-2/h3-8,13H,1-2H3;2-5,9H,8H2,1H3;2*1-2H3/b12-7-;;;. The molecular formula is C23H35N3O2. The van der Waals surface area contributed by atoms with Gasteiger partial charge < -0.3 is 16.4 Å². The van der Waals surface area contributed by atoms with Gasteiger partial charge in [0.1, 0.15) is 0 Å². The zero-order valence-corrected chi connectivity index (χ0v) is 18.2. The van der Waals surface area contributed by atoms with E-state index in [2.05, 4.69) is 10.6 Å². The number of aldehydes is 1. The second-order valence-electron chi connectivity index (χ2n) is 5.02. The van der Waals surface area contributed by atoms with Gasteiger partial charge in [-0.05, 0) is 42.8 Å². The highest BCUT2D eigenvalue weighted by molar-refractivity contribution is 5.94. The Balaban J connectivity index is 0. The first-order valence-corrected chi connectivity index (χ1v) is 9.49. The SMILES string of the molecule is CC.CC.CN/C(C=O)=C\c1ccc(C(C)=O)cc1.CNc1ccc(N)cc1. The van der Waals surface area contributed by atoms with Crippen LogP contribution in [0.15, 0.2) is 54.2 Å². The molecule has 0 unspecified atom stereocenters. The van der Waals surface area contributed by atoms with E-state index >= 15 is 0 Å². The number of allylic oxidation sites excluding steroid dienone is 1. The van der Waals surface area contributed by atoms with Crippen LogP contribution in [0.5, 0.6) is 0 Å². The van der Waals surface area contributed by atoms with Gasteiger partial charge in [0.15, 0.2) is 12.1 Å². The largest absolute Gasteiger partial charge is 0.399 e. The van der Waals surface area contributed by atoms with Gasteiger partial charge in [0.05, 0.1) is 5.70 Å². The van der Waals surface area contributed by atoms with Crippen molar-refractivity contribution in [2.45, 2.75) is 34.6 Å². The summed E-state index contributed by atoms with van der Waals surface area (Å²) in [6.07, 6.45) is 2.47. The summed E-state index contributed by atoms with van der Waals surface area (Å²) in [4.78, 5) is 21.5. The van der Waals surface area contributed by atoms with Gasteiger partial charge in [-0.3, -0.25) is 9.59 Å². The van der Waals surface area contributed by atoms with E-state index in [4.69, 9.17) is 5.73 Å². The van der Waals surface area contributed by atoms with E-state index in [1.807, 2.05) is 59.0 Å². The maximum absolute atomic E-state index is 11.0. The van der Waals surface area contributed by atoms with Crippen LogP contribution in [0.3, 0.4) is 0 Å². The monoisotopic (exact) mass is 385 g/mol. The average Bonchev–Trinajstić information content (AvgIpc) is 2.76. The van der Waals surface area contributed by atoms with Crippen LogP contribution in [-0.4, -0.2) is 26.2 Å². The summed E-state index contributed by atoms with van der Waals surface area (Å²) in [6, 6.07) is 14.7. The molecule has 0 bridgehead atoms. The van der Waals surface area contributed by atoms with Crippen molar-refractivity contribution in [2.24, 2.45) is 0 Å². The molecule has 0 aliphatic rings. The Bertz CT molecular complexity index is 691. The molecule has 2 aromatic rings. The molecule has 28 heavy (non-hydrogen) atoms. The van der Waals surface area contributed by atoms with E-state index in [0.29, 0.717) is 11.3 Å². The lowest BCUT2D eigenvalue weighted by molar-refractivity contribution is -0.105. The minimum Gasteiger partial charge on any atom is -0.399 e. The lowest BCUT2D eigenvalue weighted by Gasteiger charge is -1.99. The number of anilines is 2. The maximum atomic E-state index is 11.0. The lowest BCUT2D eigenvalue weighted by atomic mass is 10.1. The fourth-order valence-electron chi connectivity index (χ4n) is 1.81. The summed E-state index contributed by atoms with van der Waals surface area (Å²) in [5, 5.41) is 5.76. The Labute approximate surface area is 170 Å². The molecule has 0 aliphatic carbocycles. The molecule has 2 rings (SSSR count). The molecule has 0 atom stereocenters. The molecule has 0 spiro atoms. The van der Waals surface area contributed by atoms with Crippen molar-refractivity contribution < 1.29 is 9.59 Å². The number of nitrogens with two attached hydrogens (primary N) is 1. The molecule has 4 N–H and O–H groups in total. The fourth-order valence-corrected chi connectivity index (χ4v) is 1.81. The molecule has 5 nitrogen and oxygen atoms in total. The molecule has 0 saturated carbocycles. The van der Waals surface area contributed by atoms with E-state index in [0.717, 1.165) is 23.2 Å². The molecule has 2 aromatic carbocycles. The summed E-state index contributed by atoms with van der Waals surface area (Å²) >= 11 is 0. The van der Waals surface area contributed by atoms with Crippen molar-refractivity contribution in [1.82, 2.24) is 5.32 Å². The number of ketones is 1. The quantitative estimate of drug-likeness (QED) is 0.291. The number of hydrogen-bond donors (Lipinski definition) is 3. The predicted molar refractivity (Wildman–Crippen MR) is 123 cm³/mol. The highest BCUT2D eigenvalue weighted by Crippen LogP contribution is 2.09. The van der Waals surface area contributed by atoms with E-state index in [1.165, 1.54) is 6.92 Å². The van der Waals surface area contributed by atoms with E-state index < -0.39 is 0 Å². The van der Waals surface area contributed by atoms with Gasteiger partial charge in [-0.15, -0.1) is 0 Å². The van der Waals surface area contributed by atoms with Crippen LogP contribution in [0.1, 0.15) is 50.5 Å². The Morgan fingerprint density at radius 1 is 0.893 bits per heavy atom. The molecule has 0 amide bonds. The molecule has 0 saturated heterocycles. The summed E-state index contributed by atoms with van der Waals surface area (Å²) in [7, 11) is 3.57. The number of carbonyl (C=O) groups excluding carboxylic acids is 2. The minimum atomic E-state index is 0.0368. The number of benzene rings is 2. The Hall–Kier alpha value is -3.08. The van der Waals surface area contributed by atoms with Crippen LogP contribution in [0.2, 0.25) is 0 Å². The van der Waals surface area contributed by atoms with E-state index in [-0.39, 0.29) is 5.78 Å². The maximum Gasteiger partial charge on any atom is 0.165 e. The van der Waals surface area contributed by atoms with Crippen molar-refractivity contribution >= 4 is 29.5 Å². The minimum absolute atomic E-state index is 0.0368. The van der Waals surface area contributed by atoms with Gasteiger partial charge in [-0.25, -0.2) is 0 Å². The Kier molecular flexibility index (Phi) is 16.8. The van der Waals surface area contributed by atoms with Crippen LogP contribution in [0.25, 0.3) is 6.08 Å².